The topological polar surface area (TPSA) is 63.7 Å². The summed E-state index contributed by atoms with van der Waals surface area (Å²) in [6.07, 6.45) is 3.28. The van der Waals surface area contributed by atoms with Gasteiger partial charge < -0.3 is 9.64 Å². The fraction of sp³-hybridized carbons (Fsp3) is 0.533. The van der Waals surface area contributed by atoms with Crippen molar-refractivity contribution in [3.63, 3.8) is 0 Å². The fourth-order valence-corrected chi connectivity index (χ4v) is 2.47. The molecule has 1 rings (SSSR count). The smallest absolute Gasteiger partial charge is 0.222 e. The molecule has 1 amide bonds. The van der Waals surface area contributed by atoms with Gasteiger partial charge in [-0.3, -0.25) is 4.79 Å². The molecule has 0 fully saturated rings. The molecule has 0 aromatic heterocycles. The number of amides is 1. The predicted octanol–water partition coefficient (Wildman–Crippen LogP) is 2.12. The van der Waals surface area contributed by atoms with Crippen LogP contribution in [0.4, 0.5) is 0 Å². The lowest BCUT2D eigenvalue weighted by Gasteiger charge is -2.16. The van der Waals surface area contributed by atoms with E-state index in [1.807, 2.05) is 6.92 Å². The van der Waals surface area contributed by atoms with E-state index in [1.54, 1.807) is 30.1 Å². The van der Waals surface area contributed by atoms with Crippen LogP contribution < -0.4 is 4.74 Å². The van der Waals surface area contributed by atoms with E-state index >= 15 is 0 Å². The Labute approximate surface area is 126 Å². The van der Waals surface area contributed by atoms with Gasteiger partial charge in [0.1, 0.15) is 5.75 Å². The van der Waals surface area contributed by atoms with Gasteiger partial charge in [0.2, 0.25) is 5.91 Å². The Morgan fingerprint density at radius 2 is 2.05 bits per heavy atom. The van der Waals surface area contributed by atoms with Gasteiger partial charge >= 0.3 is 0 Å². The molecule has 0 N–H and O–H groups in total. The van der Waals surface area contributed by atoms with Crippen molar-refractivity contribution in [3.8, 4) is 5.75 Å². The van der Waals surface area contributed by atoms with Crippen LogP contribution in [0.1, 0.15) is 26.2 Å². The Kier molecular flexibility index (Phi) is 6.68. The van der Waals surface area contributed by atoms with Crippen molar-refractivity contribution in [3.05, 3.63) is 24.3 Å². The Balaban J connectivity index is 2.41. The summed E-state index contributed by atoms with van der Waals surface area (Å²) in [6, 6.07) is 6.43. The van der Waals surface area contributed by atoms with Crippen LogP contribution in [-0.2, 0) is 14.6 Å². The summed E-state index contributed by atoms with van der Waals surface area (Å²) in [5.41, 5.74) is 0. The van der Waals surface area contributed by atoms with Crippen molar-refractivity contribution < 1.29 is 17.9 Å². The number of hydrogen-bond donors (Lipinski definition) is 0. The average Bonchev–Trinajstić information content (AvgIpc) is 2.43. The molecule has 0 bridgehead atoms. The van der Waals surface area contributed by atoms with E-state index in [9.17, 15) is 13.2 Å². The monoisotopic (exact) mass is 313 g/mol. The van der Waals surface area contributed by atoms with Gasteiger partial charge in [0.25, 0.3) is 0 Å². The highest BCUT2D eigenvalue weighted by Gasteiger charge is 2.09. The SMILES string of the molecule is CCCC(=O)N(C)CCCOc1cccc(S(C)(=O)=O)c1. The molecule has 0 unspecified atom stereocenters. The second-order valence-corrected chi connectivity index (χ2v) is 7.03. The van der Waals surface area contributed by atoms with Crippen molar-refractivity contribution in [2.45, 2.75) is 31.1 Å². The first-order valence-corrected chi connectivity index (χ1v) is 8.90. The van der Waals surface area contributed by atoms with Crippen molar-refractivity contribution >= 4 is 15.7 Å². The molecule has 1 aromatic rings. The first-order valence-electron chi connectivity index (χ1n) is 7.01. The Hall–Kier alpha value is -1.56. The van der Waals surface area contributed by atoms with E-state index in [2.05, 4.69) is 0 Å². The van der Waals surface area contributed by atoms with Crippen LogP contribution in [0.3, 0.4) is 0 Å². The number of rotatable bonds is 8. The highest BCUT2D eigenvalue weighted by Crippen LogP contribution is 2.17. The van der Waals surface area contributed by atoms with Crippen molar-refractivity contribution in [1.82, 2.24) is 4.90 Å². The largest absolute Gasteiger partial charge is 0.493 e. The second-order valence-electron chi connectivity index (χ2n) is 5.01. The fourth-order valence-electron chi connectivity index (χ4n) is 1.82. The normalized spacial score (nSPS) is 11.2. The maximum atomic E-state index is 11.6. The summed E-state index contributed by atoms with van der Waals surface area (Å²) in [6.45, 7) is 3.05. The molecule has 0 radical (unpaired) electrons. The van der Waals surface area contributed by atoms with Crippen LogP contribution in [0, 0.1) is 0 Å². The minimum Gasteiger partial charge on any atom is -0.493 e. The maximum Gasteiger partial charge on any atom is 0.222 e. The zero-order chi connectivity index (χ0) is 15.9. The molecule has 0 aliphatic carbocycles. The molecule has 0 saturated carbocycles. The first-order chi connectivity index (χ1) is 9.84. The quantitative estimate of drug-likeness (QED) is 0.690. The molecule has 0 saturated heterocycles. The summed E-state index contributed by atoms with van der Waals surface area (Å²) in [4.78, 5) is 13.5. The van der Waals surface area contributed by atoms with Crippen molar-refractivity contribution in [2.24, 2.45) is 0 Å². The second kappa shape index (κ2) is 8.02. The molecule has 0 heterocycles. The first kappa shape index (κ1) is 17.5. The Morgan fingerprint density at radius 3 is 2.67 bits per heavy atom. The molecule has 6 heteroatoms. The molecular formula is C15H23NO4S. The van der Waals surface area contributed by atoms with Gasteiger partial charge in [-0.25, -0.2) is 8.42 Å². The lowest BCUT2D eigenvalue weighted by molar-refractivity contribution is -0.130. The molecular weight excluding hydrogens is 290 g/mol. The standard InChI is InChI=1S/C15H23NO4S/c1-4-7-15(17)16(2)10-6-11-20-13-8-5-9-14(12-13)21(3,18)19/h5,8-9,12H,4,6-7,10-11H2,1-3H3. The predicted molar refractivity (Wildman–Crippen MR) is 82.2 cm³/mol. The third-order valence-electron chi connectivity index (χ3n) is 3.03. The van der Waals surface area contributed by atoms with E-state index < -0.39 is 9.84 Å². The van der Waals surface area contributed by atoms with Crippen LogP contribution in [-0.4, -0.2) is 45.7 Å². The van der Waals surface area contributed by atoms with Gasteiger partial charge in [-0.15, -0.1) is 0 Å². The van der Waals surface area contributed by atoms with Gasteiger partial charge in [0, 0.05) is 26.3 Å². The number of nitrogens with zero attached hydrogens (tertiary/aromatic N) is 1. The van der Waals surface area contributed by atoms with E-state index in [1.165, 1.54) is 12.3 Å². The highest BCUT2D eigenvalue weighted by atomic mass is 32.2. The average molecular weight is 313 g/mol. The van der Waals surface area contributed by atoms with E-state index in [4.69, 9.17) is 4.74 Å². The summed E-state index contributed by atoms with van der Waals surface area (Å²) >= 11 is 0. The minimum absolute atomic E-state index is 0.136. The lowest BCUT2D eigenvalue weighted by Crippen LogP contribution is -2.28. The number of carbonyl (C=O) groups excluding carboxylic acids is 1. The van der Waals surface area contributed by atoms with Gasteiger partial charge in [0.05, 0.1) is 11.5 Å². The molecule has 0 aliphatic rings. The number of ether oxygens (including phenoxy) is 1. The molecule has 21 heavy (non-hydrogen) atoms. The van der Waals surface area contributed by atoms with Crippen LogP contribution >= 0.6 is 0 Å². The minimum atomic E-state index is -3.22. The summed E-state index contributed by atoms with van der Waals surface area (Å²) in [5, 5.41) is 0. The van der Waals surface area contributed by atoms with Gasteiger partial charge in [-0.2, -0.15) is 0 Å². The number of benzene rings is 1. The third-order valence-corrected chi connectivity index (χ3v) is 4.14. The van der Waals surface area contributed by atoms with Crippen LogP contribution in [0.25, 0.3) is 0 Å². The van der Waals surface area contributed by atoms with E-state index in [-0.39, 0.29) is 10.8 Å². The van der Waals surface area contributed by atoms with E-state index in [0.29, 0.717) is 31.7 Å². The summed E-state index contributed by atoms with van der Waals surface area (Å²) in [5.74, 6) is 0.664. The number of carbonyl (C=O) groups is 1. The Bertz CT molecular complexity index is 569. The van der Waals surface area contributed by atoms with E-state index in [0.717, 1.165) is 6.42 Å². The molecule has 5 nitrogen and oxygen atoms in total. The summed E-state index contributed by atoms with van der Waals surface area (Å²) < 4.78 is 28.4. The molecule has 0 atom stereocenters. The van der Waals surface area contributed by atoms with Crippen LogP contribution in [0.2, 0.25) is 0 Å². The summed E-state index contributed by atoms with van der Waals surface area (Å²) in [7, 11) is -1.44. The third kappa shape index (κ3) is 6.16. The zero-order valence-corrected chi connectivity index (χ0v) is 13.6. The number of hydrogen-bond acceptors (Lipinski definition) is 4. The maximum absolute atomic E-state index is 11.6. The molecule has 0 aliphatic heterocycles. The molecule has 0 spiro atoms. The van der Waals surface area contributed by atoms with Crippen LogP contribution in [0.5, 0.6) is 5.75 Å². The lowest BCUT2D eigenvalue weighted by atomic mass is 10.3. The van der Waals surface area contributed by atoms with Crippen molar-refractivity contribution in [1.29, 1.82) is 0 Å². The Morgan fingerprint density at radius 1 is 1.33 bits per heavy atom. The van der Waals surface area contributed by atoms with Crippen molar-refractivity contribution in [2.75, 3.05) is 26.5 Å². The highest BCUT2D eigenvalue weighted by molar-refractivity contribution is 7.90. The molecule has 1 aromatic carbocycles. The number of sulfone groups is 1. The van der Waals surface area contributed by atoms with Gasteiger partial charge in [-0.1, -0.05) is 13.0 Å². The van der Waals surface area contributed by atoms with Gasteiger partial charge in [0.15, 0.2) is 9.84 Å². The van der Waals surface area contributed by atoms with Gasteiger partial charge in [-0.05, 0) is 31.0 Å². The van der Waals surface area contributed by atoms with Crippen LogP contribution in [0.15, 0.2) is 29.2 Å². The zero-order valence-electron chi connectivity index (χ0n) is 12.8. The molecule has 118 valence electrons.